The lowest BCUT2D eigenvalue weighted by Crippen LogP contribution is -2.58. The molecular formula is C13H21NO4. The molecule has 18 heavy (non-hydrogen) atoms. The number of carbonyl (C=O) groups is 2. The smallest absolute Gasteiger partial charge is 0.410 e. The van der Waals surface area contributed by atoms with Crippen molar-refractivity contribution in [2.24, 2.45) is 11.8 Å². The van der Waals surface area contributed by atoms with Crippen LogP contribution in [0.15, 0.2) is 0 Å². The third-order valence-corrected chi connectivity index (χ3v) is 4.39. The van der Waals surface area contributed by atoms with E-state index >= 15 is 0 Å². The molecule has 0 aromatic carbocycles. The van der Waals surface area contributed by atoms with Crippen LogP contribution in [0.4, 0.5) is 4.79 Å². The van der Waals surface area contributed by atoms with Gasteiger partial charge in [-0.2, -0.15) is 0 Å². The Labute approximate surface area is 107 Å². The second-order valence-electron chi connectivity index (χ2n) is 5.45. The summed E-state index contributed by atoms with van der Waals surface area (Å²) in [7, 11) is 1.34. The summed E-state index contributed by atoms with van der Waals surface area (Å²) in [6, 6.07) is -0.309. The van der Waals surface area contributed by atoms with E-state index in [-0.39, 0.29) is 24.5 Å². The Hall–Kier alpha value is -1.10. The van der Waals surface area contributed by atoms with Gasteiger partial charge in [-0.1, -0.05) is 6.92 Å². The Bertz CT molecular complexity index is 344. The van der Waals surface area contributed by atoms with Crippen molar-refractivity contribution in [2.45, 2.75) is 44.7 Å². The molecule has 4 atom stereocenters. The summed E-state index contributed by atoms with van der Waals surface area (Å²) in [6.07, 6.45) is 2.34. The molecule has 1 aliphatic heterocycles. The van der Waals surface area contributed by atoms with Gasteiger partial charge in [-0.25, -0.2) is 4.79 Å². The fourth-order valence-corrected chi connectivity index (χ4v) is 3.50. The van der Waals surface area contributed by atoms with Gasteiger partial charge in [0, 0.05) is 18.9 Å². The van der Waals surface area contributed by atoms with E-state index in [9.17, 15) is 14.7 Å². The molecule has 1 N–H and O–H groups in total. The number of methoxy groups -OCH3 is 1. The molecule has 0 unspecified atom stereocenters. The number of piperidine rings is 1. The molecule has 1 saturated carbocycles. The predicted molar refractivity (Wildman–Crippen MR) is 65.0 cm³/mol. The third kappa shape index (κ3) is 2.23. The van der Waals surface area contributed by atoms with E-state index in [0.717, 1.165) is 12.8 Å². The van der Waals surface area contributed by atoms with Crippen molar-refractivity contribution in [2.75, 3.05) is 13.7 Å². The fourth-order valence-electron chi connectivity index (χ4n) is 3.50. The highest BCUT2D eigenvalue weighted by molar-refractivity contribution is 5.81. The summed E-state index contributed by atoms with van der Waals surface area (Å²) in [6.45, 7) is 2.00. The minimum absolute atomic E-state index is 0.0686. The van der Waals surface area contributed by atoms with Crippen LogP contribution in [0, 0.1) is 11.8 Å². The molecule has 0 aromatic heterocycles. The first-order chi connectivity index (χ1) is 8.58. The molecule has 102 valence electrons. The molecule has 0 aromatic rings. The van der Waals surface area contributed by atoms with Crippen LogP contribution < -0.4 is 0 Å². The summed E-state index contributed by atoms with van der Waals surface area (Å²) >= 11 is 0. The van der Waals surface area contributed by atoms with Crippen LogP contribution in [0.25, 0.3) is 0 Å². The molecular weight excluding hydrogens is 234 g/mol. The van der Waals surface area contributed by atoms with Crippen molar-refractivity contribution in [1.82, 2.24) is 4.90 Å². The maximum atomic E-state index is 11.9. The number of likely N-dealkylation sites (tertiary alicyclic amines) is 1. The molecule has 0 spiro atoms. The third-order valence-electron chi connectivity index (χ3n) is 4.39. The van der Waals surface area contributed by atoms with E-state index in [4.69, 9.17) is 4.74 Å². The summed E-state index contributed by atoms with van der Waals surface area (Å²) in [5.41, 5.74) is 0. The lowest BCUT2D eigenvalue weighted by atomic mass is 9.70. The molecule has 0 bridgehead atoms. The zero-order valence-electron chi connectivity index (χ0n) is 11.0. The van der Waals surface area contributed by atoms with Gasteiger partial charge in [0.15, 0.2) is 0 Å². The lowest BCUT2D eigenvalue weighted by Gasteiger charge is -2.48. The van der Waals surface area contributed by atoms with Crippen LogP contribution in [0.3, 0.4) is 0 Å². The van der Waals surface area contributed by atoms with Crippen LogP contribution in [0.2, 0.25) is 0 Å². The molecule has 1 heterocycles. The van der Waals surface area contributed by atoms with Gasteiger partial charge in [-0.05, 0) is 24.7 Å². The molecule has 5 nitrogen and oxygen atoms in total. The number of ketones is 1. The number of aliphatic hydroxyl groups excluding tert-OH is 1. The molecule has 5 heteroatoms. The normalized spacial score (nSPS) is 36.2. The number of hydrogen-bond donors (Lipinski definition) is 1. The summed E-state index contributed by atoms with van der Waals surface area (Å²) in [5.74, 6) is 0.865. The van der Waals surface area contributed by atoms with Crippen LogP contribution in [0.5, 0.6) is 0 Å². The van der Waals surface area contributed by atoms with Gasteiger partial charge >= 0.3 is 6.09 Å². The molecule has 1 amide bonds. The van der Waals surface area contributed by atoms with Gasteiger partial charge in [-0.15, -0.1) is 0 Å². The van der Waals surface area contributed by atoms with Crippen molar-refractivity contribution in [3.05, 3.63) is 0 Å². The van der Waals surface area contributed by atoms with E-state index < -0.39 is 6.09 Å². The summed E-state index contributed by atoms with van der Waals surface area (Å²) < 4.78 is 4.81. The SMILES string of the molecule is COC(=O)N1[C@H](CO)CC[C@@H]2[C@@H](C)CC(=O)C[C@@H]21. The predicted octanol–water partition coefficient (Wildman–Crippen LogP) is 1.19. The molecule has 2 rings (SSSR count). The second kappa shape index (κ2) is 5.26. The minimum atomic E-state index is -0.425. The molecule has 2 aliphatic rings. The van der Waals surface area contributed by atoms with Crippen LogP contribution in [-0.4, -0.2) is 47.7 Å². The maximum absolute atomic E-state index is 11.9. The van der Waals surface area contributed by atoms with Gasteiger partial charge in [0.05, 0.1) is 19.8 Å². The topological polar surface area (TPSA) is 66.8 Å². The molecule has 0 radical (unpaired) electrons. The van der Waals surface area contributed by atoms with E-state index in [1.807, 2.05) is 0 Å². The largest absolute Gasteiger partial charge is 0.453 e. The number of amides is 1. The Balaban J connectivity index is 2.25. The number of Topliss-reactive ketones (excluding diaryl/α,β-unsaturated/α-hetero) is 1. The number of aliphatic hydroxyl groups is 1. The van der Waals surface area contributed by atoms with Crippen molar-refractivity contribution in [3.63, 3.8) is 0 Å². The monoisotopic (exact) mass is 255 g/mol. The highest BCUT2D eigenvalue weighted by Crippen LogP contribution is 2.40. The highest BCUT2D eigenvalue weighted by Gasteiger charge is 2.45. The lowest BCUT2D eigenvalue weighted by molar-refractivity contribution is -0.127. The average molecular weight is 255 g/mol. The van der Waals surface area contributed by atoms with Crippen molar-refractivity contribution in [1.29, 1.82) is 0 Å². The van der Waals surface area contributed by atoms with Crippen LogP contribution >= 0.6 is 0 Å². The quantitative estimate of drug-likeness (QED) is 0.764. The van der Waals surface area contributed by atoms with E-state index in [0.29, 0.717) is 24.7 Å². The van der Waals surface area contributed by atoms with Gasteiger partial charge in [0.2, 0.25) is 0 Å². The standard InChI is InChI=1S/C13H21NO4/c1-8-5-10(16)6-12-11(8)4-3-9(7-15)14(12)13(17)18-2/h8-9,11-12,15H,3-7H2,1-2H3/t8-,9-,11+,12-/m0/s1. The van der Waals surface area contributed by atoms with Crippen LogP contribution in [0.1, 0.15) is 32.6 Å². The van der Waals surface area contributed by atoms with Gasteiger partial charge < -0.3 is 9.84 Å². The van der Waals surface area contributed by atoms with E-state index in [2.05, 4.69) is 6.92 Å². The highest BCUT2D eigenvalue weighted by atomic mass is 16.5. The Kier molecular flexibility index (Phi) is 3.90. The molecule has 1 aliphatic carbocycles. The Morgan fingerprint density at radius 1 is 1.44 bits per heavy atom. The van der Waals surface area contributed by atoms with Crippen molar-refractivity contribution < 1.29 is 19.4 Å². The number of nitrogens with zero attached hydrogens (tertiary/aromatic N) is 1. The fraction of sp³-hybridized carbons (Fsp3) is 0.846. The Morgan fingerprint density at radius 3 is 2.78 bits per heavy atom. The number of rotatable bonds is 1. The van der Waals surface area contributed by atoms with E-state index in [1.54, 1.807) is 4.90 Å². The molecule has 2 fully saturated rings. The average Bonchev–Trinajstić information content (AvgIpc) is 2.36. The minimum Gasteiger partial charge on any atom is -0.453 e. The maximum Gasteiger partial charge on any atom is 0.410 e. The molecule has 1 saturated heterocycles. The zero-order chi connectivity index (χ0) is 13.3. The first-order valence-corrected chi connectivity index (χ1v) is 6.57. The first kappa shape index (κ1) is 13.3. The summed E-state index contributed by atoms with van der Waals surface area (Å²) in [5, 5.41) is 9.39. The number of fused-ring (bicyclic) bond motifs is 1. The number of ether oxygens (including phenoxy) is 1. The number of hydrogen-bond acceptors (Lipinski definition) is 4. The van der Waals surface area contributed by atoms with Crippen molar-refractivity contribution >= 4 is 11.9 Å². The second-order valence-corrected chi connectivity index (χ2v) is 5.45. The number of carbonyl (C=O) groups excluding carboxylic acids is 2. The van der Waals surface area contributed by atoms with Gasteiger partial charge in [0.25, 0.3) is 0 Å². The van der Waals surface area contributed by atoms with Gasteiger partial charge in [-0.3, -0.25) is 9.69 Å². The van der Waals surface area contributed by atoms with Crippen LogP contribution in [-0.2, 0) is 9.53 Å². The summed E-state index contributed by atoms with van der Waals surface area (Å²) in [4.78, 5) is 25.2. The first-order valence-electron chi connectivity index (χ1n) is 6.57. The van der Waals surface area contributed by atoms with Gasteiger partial charge in [0.1, 0.15) is 5.78 Å². The van der Waals surface area contributed by atoms with E-state index in [1.165, 1.54) is 7.11 Å². The zero-order valence-corrected chi connectivity index (χ0v) is 11.0. The van der Waals surface area contributed by atoms with Crippen molar-refractivity contribution in [3.8, 4) is 0 Å². The Morgan fingerprint density at radius 2 is 2.17 bits per heavy atom.